The van der Waals surface area contributed by atoms with Crippen LogP contribution in [0.2, 0.25) is 0 Å². The molecular formula is C24H23IN2O. The number of fused-ring (bicyclic) bond motifs is 1. The minimum absolute atomic E-state index is 0.257. The lowest BCUT2D eigenvalue weighted by atomic mass is 9.97. The lowest BCUT2D eigenvalue weighted by Crippen LogP contribution is -2.24. The van der Waals surface area contributed by atoms with Crippen LogP contribution in [0.5, 0.6) is 5.75 Å². The van der Waals surface area contributed by atoms with Crippen LogP contribution in [-0.2, 0) is 0 Å². The molecule has 2 aromatic carbocycles. The van der Waals surface area contributed by atoms with Crippen molar-refractivity contribution in [2.45, 2.75) is 35.7 Å². The van der Waals surface area contributed by atoms with Gasteiger partial charge in [-0.1, -0.05) is 77.2 Å². The lowest BCUT2D eigenvalue weighted by Gasteiger charge is -2.26. The van der Waals surface area contributed by atoms with E-state index >= 15 is 0 Å². The highest BCUT2D eigenvalue weighted by molar-refractivity contribution is 14.1. The number of benzene rings is 1. The molecule has 4 heteroatoms. The number of aromatic nitrogens is 2. The smallest absolute Gasteiger partial charge is 0.148 e. The highest BCUT2D eigenvalue weighted by Gasteiger charge is 2.21. The number of nitrogens with zero attached hydrogens (tertiary/aromatic N) is 2. The molecule has 1 heterocycles. The SMILES string of the molecule is IC1CCC(Oc2cc(-c3ccccccccc3)cc3nccnc23)CC1. The van der Waals surface area contributed by atoms with Crippen LogP contribution in [0.15, 0.2) is 79.1 Å². The molecule has 0 bridgehead atoms. The van der Waals surface area contributed by atoms with Crippen molar-refractivity contribution in [2.24, 2.45) is 0 Å². The zero-order valence-corrected chi connectivity index (χ0v) is 17.8. The fourth-order valence-electron chi connectivity index (χ4n) is 3.51. The van der Waals surface area contributed by atoms with Gasteiger partial charge in [-0.25, -0.2) is 4.98 Å². The molecule has 0 atom stereocenters. The zero-order valence-electron chi connectivity index (χ0n) is 15.7. The van der Waals surface area contributed by atoms with E-state index in [1.54, 1.807) is 12.4 Å². The maximum Gasteiger partial charge on any atom is 0.148 e. The molecular weight excluding hydrogens is 459 g/mol. The van der Waals surface area contributed by atoms with Gasteiger partial charge in [-0.2, -0.15) is 0 Å². The van der Waals surface area contributed by atoms with Gasteiger partial charge in [0.05, 0.1) is 11.6 Å². The molecule has 1 aliphatic carbocycles. The van der Waals surface area contributed by atoms with E-state index in [1.807, 2.05) is 30.3 Å². The normalized spacial score (nSPS) is 19.0. The van der Waals surface area contributed by atoms with Crippen molar-refractivity contribution in [3.8, 4) is 16.9 Å². The van der Waals surface area contributed by atoms with Gasteiger partial charge in [0.1, 0.15) is 11.3 Å². The molecule has 0 radical (unpaired) electrons. The molecule has 0 saturated heterocycles. The summed E-state index contributed by atoms with van der Waals surface area (Å²) in [7, 11) is 0. The summed E-state index contributed by atoms with van der Waals surface area (Å²) in [5.74, 6) is 0.836. The molecule has 4 rings (SSSR count). The maximum atomic E-state index is 6.45. The molecule has 1 fully saturated rings. The van der Waals surface area contributed by atoms with Crippen molar-refractivity contribution < 1.29 is 4.74 Å². The molecule has 1 aliphatic rings. The van der Waals surface area contributed by atoms with E-state index in [0.29, 0.717) is 0 Å². The molecule has 0 spiro atoms. The Labute approximate surface area is 179 Å². The van der Waals surface area contributed by atoms with Gasteiger partial charge in [0.15, 0.2) is 0 Å². The first kappa shape index (κ1) is 19.1. The van der Waals surface area contributed by atoms with E-state index in [4.69, 9.17) is 4.74 Å². The summed E-state index contributed by atoms with van der Waals surface area (Å²) in [6, 6.07) is 22.7. The second-order valence-electron chi connectivity index (χ2n) is 7.03. The second-order valence-corrected chi connectivity index (χ2v) is 8.79. The highest BCUT2D eigenvalue weighted by Crippen LogP contribution is 2.33. The summed E-state index contributed by atoms with van der Waals surface area (Å²) in [6.07, 6.45) is 8.36. The molecule has 3 nitrogen and oxygen atoms in total. The van der Waals surface area contributed by atoms with Gasteiger partial charge in [0.2, 0.25) is 0 Å². The van der Waals surface area contributed by atoms with Crippen molar-refractivity contribution >= 4 is 33.6 Å². The van der Waals surface area contributed by atoms with E-state index in [-0.39, 0.29) is 6.10 Å². The van der Waals surface area contributed by atoms with E-state index in [2.05, 4.69) is 69.0 Å². The molecule has 0 aliphatic heterocycles. The number of halogens is 1. The van der Waals surface area contributed by atoms with Crippen LogP contribution < -0.4 is 4.74 Å². The Morgan fingerprint density at radius 3 is 2.11 bits per heavy atom. The third-order valence-corrected chi connectivity index (χ3v) is 6.23. The number of ether oxygens (including phenoxy) is 1. The largest absolute Gasteiger partial charge is 0.488 e. The van der Waals surface area contributed by atoms with Crippen molar-refractivity contribution in [3.05, 3.63) is 79.1 Å². The van der Waals surface area contributed by atoms with Crippen LogP contribution in [0, 0.1) is 0 Å². The molecule has 142 valence electrons. The van der Waals surface area contributed by atoms with Crippen LogP contribution in [0.3, 0.4) is 0 Å². The Bertz CT molecular complexity index is 973. The summed E-state index contributed by atoms with van der Waals surface area (Å²) in [5.41, 5.74) is 3.91. The number of alkyl halides is 1. The van der Waals surface area contributed by atoms with Crippen LogP contribution in [0.25, 0.3) is 22.2 Å². The van der Waals surface area contributed by atoms with Gasteiger partial charge in [0, 0.05) is 16.3 Å². The Kier molecular flexibility index (Phi) is 6.37. The first-order chi connectivity index (χ1) is 13.8. The highest BCUT2D eigenvalue weighted by atomic mass is 127. The van der Waals surface area contributed by atoms with Crippen molar-refractivity contribution in [2.75, 3.05) is 0 Å². The van der Waals surface area contributed by atoms with Crippen molar-refractivity contribution in [1.29, 1.82) is 0 Å². The zero-order chi connectivity index (χ0) is 19.2. The minimum atomic E-state index is 0.257. The molecule has 0 unspecified atom stereocenters. The van der Waals surface area contributed by atoms with Crippen molar-refractivity contribution in [1.82, 2.24) is 9.97 Å². The molecule has 1 saturated carbocycles. The molecule has 0 amide bonds. The van der Waals surface area contributed by atoms with Gasteiger partial charge in [-0.05, 0) is 48.9 Å². The fraction of sp³-hybridized carbons (Fsp3) is 0.250. The Morgan fingerprint density at radius 2 is 1.39 bits per heavy atom. The molecule has 3 aromatic rings. The molecule has 28 heavy (non-hydrogen) atoms. The van der Waals surface area contributed by atoms with Crippen molar-refractivity contribution in [3.63, 3.8) is 0 Å². The van der Waals surface area contributed by atoms with E-state index < -0.39 is 0 Å². The minimum Gasteiger partial charge on any atom is -0.488 e. The summed E-state index contributed by atoms with van der Waals surface area (Å²) in [5, 5.41) is 0. The first-order valence-corrected chi connectivity index (χ1v) is 11.0. The van der Waals surface area contributed by atoms with Gasteiger partial charge in [0.25, 0.3) is 0 Å². The summed E-state index contributed by atoms with van der Waals surface area (Å²) >= 11 is 2.55. The van der Waals surface area contributed by atoms with Gasteiger partial charge in [-0.3, -0.25) is 4.98 Å². The third kappa shape index (κ3) is 4.79. The van der Waals surface area contributed by atoms with Gasteiger partial charge >= 0.3 is 0 Å². The first-order valence-electron chi connectivity index (χ1n) is 9.74. The number of hydrogen-bond donors (Lipinski definition) is 0. The lowest BCUT2D eigenvalue weighted by molar-refractivity contribution is 0.160. The number of rotatable bonds is 3. The van der Waals surface area contributed by atoms with Gasteiger partial charge < -0.3 is 4.74 Å². The molecule has 0 N–H and O–H groups in total. The molecule has 1 aromatic heterocycles. The summed E-state index contributed by atoms with van der Waals surface area (Å²) in [6.45, 7) is 0. The second kappa shape index (κ2) is 9.32. The number of hydrogen-bond acceptors (Lipinski definition) is 3. The Morgan fingerprint density at radius 1 is 0.750 bits per heavy atom. The topological polar surface area (TPSA) is 35.0 Å². The Balaban J connectivity index is 1.76. The fourth-order valence-corrected chi connectivity index (χ4v) is 4.23. The van der Waals surface area contributed by atoms with Gasteiger partial charge in [-0.15, -0.1) is 0 Å². The van der Waals surface area contributed by atoms with Crippen LogP contribution in [0.4, 0.5) is 0 Å². The van der Waals surface area contributed by atoms with Crippen LogP contribution in [0.1, 0.15) is 25.7 Å². The summed E-state index contributed by atoms with van der Waals surface area (Å²) < 4.78 is 7.22. The standard InChI is InChI=1S/C24H23IN2O/c25-20-10-12-21(13-11-20)28-23-17-19(16-22-24(23)27-15-14-26-22)18-8-6-4-2-1-3-5-7-9-18/h1-9,14-17,20-21H,10-13H2. The Hall–Kier alpha value is -2.21. The van der Waals surface area contributed by atoms with Crippen LogP contribution in [-0.4, -0.2) is 20.0 Å². The van der Waals surface area contributed by atoms with E-state index in [9.17, 15) is 0 Å². The quantitative estimate of drug-likeness (QED) is 0.314. The third-order valence-electron chi connectivity index (χ3n) is 4.99. The monoisotopic (exact) mass is 482 g/mol. The summed E-state index contributed by atoms with van der Waals surface area (Å²) in [4.78, 5) is 9.09. The predicted molar refractivity (Wildman–Crippen MR) is 123 cm³/mol. The average molecular weight is 482 g/mol. The van der Waals surface area contributed by atoms with E-state index in [0.717, 1.165) is 44.7 Å². The average Bonchev–Trinajstić information content (AvgIpc) is 2.73. The van der Waals surface area contributed by atoms with E-state index in [1.165, 1.54) is 12.8 Å². The van der Waals surface area contributed by atoms with Crippen LogP contribution >= 0.6 is 22.6 Å². The maximum absolute atomic E-state index is 6.45. The predicted octanol–water partition coefficient (Wildman–Crippen LogP) is 6.55.